The molecule has 1 aliphatic carbocycles. The molecule has 1 fully saturated rings. The fourth-order valence-corrected chi connectivity index (χ4v) is 2.49. The Morgan fingerprint density at radius 2 is 1.94 bits per heavy atom. The molecular weight excluding hydrogens is 203 g/mol. The van der Waals surface area contributed by atoms with Crippen LogP contribution in [0.3, 0.4) is 0 Å². The molecule has 1 aromatic rings. The largest absolute Gasteiger partial charge is 0.397 e. The predicted octanol–water partition coefficient (Wildman–Crippen LogP) is 3.18. The van der Waals surface area contributed by atoms with E-state index in [4.69, 9.17) is 5.73 Å². The molecule has 16 heavy (non-hydrogen) atoms. The van der Waals surface area contributed by atoms with Gasteiger partial charge in [0.25, 0.3) is 0 Å². The lowest BCUT2D eigenvalue weighted by molar-refractivity contribution is 0.427. The topological polar surface area (TPSA) is 29.3 Å². The molecule has 0 aliphatic heterocycles. The second-order valence-corrected chi connectivity index (χ2v) is 4.61. The summed E-state index contributed by atoms with van der Waals surface area (Å²) in [5, 5.41) is 0. The van der Waals surface area contributed by atoms with Crippen molar-refractivity contribution in [1.82, 2.24) is 0 Å². The van der Waals surface area contributed by atoms with E-state index in [2.05, 4.69) is 4.90 Å². The molecule has 1 aliphatic rings. The van der Waals surface area contributed by atoms with Gasteiger partial charge >= 0.3 is 0 Å². The monoisotopic (exact) mass is 222 g/mol. The number of nitrogen functional groups attached to an aromatic ring is 1. The molecule has 2 rings (SSSR count). The summed E-state index contributed by atoms with van der Waals surface area (Å²) in [6.07, 6.45) is 6.23. The maximum absolute atomic E-state index is 13.2. The zero-order chi connectivity index (χ0) is 11.5. The molecule has 0 amide bonds. The first-order valence-corrected chi connectivity index (χ1v) is 5.96. The number of hydrogen-bond acceptors (Lipinski definition) is 2. The summed E-state index contributed by atoms with van der Waals surface area (Å²) in [7, 11) is 2.02. The van der Waals surface area contributed by atoms with Crippen molar-refractivity contribution >= 4 is 11.4 Å². The minimum atomic E-state index is -0.216. The Bertz CT molecular complexity index is 359. The minimum Gasteiger partial charge on any atom is -0.397 e. The van der Waals surface area contributed by atoms with Crippen LogP contribution in [0.25, 0.3) is 0 Å². The molecule has 0 unspecified atom stereocenters. The van der Waals surface area contributed by atoms with E-state index in [1.165, 1.54) is 44.2 Å². The SMILES string of the molecule is CN(c1cc(F)ccc1N)C1CCCCC1. The summed E-state index contributed by atoms with van der Waals surface area (Å²) in [4.78, 5) is 2.14. The smallest absolute Gasteiger partial charge is 0.125 e. The van der Waals surface area contributed by atoms with Crippen LogP contribution in [0.4, 0.5) is 15.8 Å². The third kappa shape index (κ3) is 2.29. The zero-order valence-corrected chi connectivity index (χ0v) is 9.75. The highest BCUT2D eigenvalue weighted by Crippen LogP contribution is 2.30. The first kappa shape index (κ1) is 11.2. The first-order valence-electron chi connectivity index (χ1n) is 5.96. The molecule has 0 aromatic heterocycles. The number of nitrogens with two attached hydrogens (primary N) is 1. The molecule has 0 heterocycles. The normalized spacial score (nSPS) is 17.4. The molecule has 0 saturated heterocycles. The van der Waals surface area contributed by atoms with Crippen LogP contribution in [-0.4, -0.2) is 13.1 Å². The molecule has 0 spiro atoms. The highest BCUT2D eigenvalue weighted by Gasteiger charge is 2.19. The average molecular weight is 222 g/mol. The van der Waals surface area contributed by atoms with Gasteiger partial charge in [0.1, 0.15) is 5.82 Å². The molecule has 1 aromatic carbocycles. The van der Waals surface area contributed by atoms with E-state index in [1.54, 1.807) is 6.07 Å². The summed E-state index contributed by atoms with van der Waals surface area (Å²) in [6, 6.07) is 5.10. The number of rotatable bonds is 2. The minimum absolute atomic E-state index is 0.216. The Kier molecular flexibility index (Phi) is 3.32. The van der Waals surface area contributed by atoms with Crippen molar-refractivity contribution in [3.05, 3.63) is 24.0 Å². The van der Waals surface area contributed by atoms with Gasteiger partial charge in [0.15, 0.2) is 0 Å². The molecule has 2 nitrogen and oxygen atoms in total. The second kappa shape index (κ2) is 4.73. The van der Waals surface area contributed by atoms with Gasteiger partial charge in [-0.3, -0.25) is 0 Å². The van der Waals surface area contributed by atoms with Crippen LogP contribution in [0.1, 0.15) is 32.1 Å². The Labute approximate surface area is 96.2 Å². The van der Waals surface area contributed by atoms with Gasteiger partial charge in [0.05, 0.1) is 11.4 Å². The van der Waals surface area contributed by atoms with Gasteiger partial charge in [0, 0.05) is 13.1 Å². The fourth-order valence-electron chi connectivity index (χ4n) is 2.49. The zero-order valence-electron chi connectivity index (χ0n) is 9.75. The maximum atomic E-state index is 13.2. The van der Waals surface area contributed by atoms with Gasteiger partial charge in [-0.25, -0.2) is 4.39 Å². The number of anilines is 2. The molecule has 2 N–H and O–H groups in total. The second-order valence-electron chi connectivity index (χ2n) is 4.61. The third-order valence-corrected chi connectivity index (χ3v) is 3.49. The summed E-state index contributed by atoms with van der Waals surface area (Å²) in [6.45, 7) is 0. The maximum Gasteiger partial charge on any atom is 0.125 e. The lowest BCUT2D eigenvalue weighted by Crippen LogP contribution is -2.33. The van der Waals surface area contributed by atoms with Gasteiger partial charge in [-0.05, 0) is 31.0 Å². The van der Waals surface area contributed by atoms with E-state index in [9.17, 15) is 4.39 Å². The highest BCUT2D eigenvalue weighted by atomic mass is 19.1. The van der Waals surface area contributed by atoms with Gasteiger partial charge in [-0.15, -0.1) is 0 Å². The Hall–Kier alpha value is -1.25. The van der Waals surface area contributed by atoms with Crippen molar-refractivity contribution in [3.8, 4) is 0 Å². The van der Waals surface area contributed by atoms with Crippen molar-refractivity contribution < 1.29 is 4.39 Å². The first-order chi connectivity index (χ1) is 7.68. The van der Waals surface area contributed by atoms with E-state index in [-0.39, 0.29) is 5.82 Å². The average Bonchev–Trinajstić information content (AvgIpc) is 2.32. The molecule has 88 valence electrons. The van der Waals surface area contributed by atoms with Gasteiger partial charge < -0.3 is 10.6 Å². The summed E-state index contributed by atoms with van der Waals surface area (Å²) >= 11 is 0. The predicted molar refractivity (Wildman–Crippen MR) is 66.1 cm³/mol. The van der Waals surface area contributed by atoms with Crippen LogP contribution in [0.5, 0.6) is 0 Å². The molecule has 0 radical (unpaired) electrons. The van der Waals surface area contributed by atoms with E-state index < -0.39 is 0 Å². The Morgan fingerprint density at radius 3 is 2.62 bits per heavy atom. The van der Waals surface area contributed by atoms with E-state index >= 15 is 0 Å². The van der Waals surface area contributed by atoms with Crippen molar-refractivity contribution in [3.63, 3.8) is 0 Å². The summed E-state index contributed by atoms with van der Waals surface area (Å²) in [5.41, 5.74) is 7.38. The third-order valence-electron chi connectivity index (χ3n) is 3.49. The van der Waals surface area contributed by atoms with Crippen LogP contribution in [0, 0.1) is 5.82 Å². The van der Waals surface area contributed by atoms with Crippen molar-refractivity contribution in [1.29, 1.82) is 0 Å². The Balaban J connectivity index is 2.18. The molecule has 1 saturated carbocycles. The molecule has 0 atom stereocenters. The van der Waals surface area contributed by atoms with Crippen LogP contribution in [0.2, 0.25) is 0 Å². The summed E-state index contributed by atoms with van der Waals surface area (Å²) < 4.78 is 13.2. The van der Waals surface area contributed by atoms with Crippen molar-refractivity contribution in [2.45, 2.75) is 38.1 Å². The number of nitrogens with zero attached hydrogens (tertiary/aromatic N) is 1. The number of halogens is 1. The fraction of sp³-hybridized carbons (Fsp3) is 0.538. The standard InChI is InChI=1S/C13H19FN2/c1-16(11-5-3-2-4-6-11)13-9-10(14)7-8-12(13)15/h7-9,11H,2-6,15H2,1H3. The van der Waals surface area contributed by atoms with Crippen LogP contribution in [-0.2, 0) is 0 Å². The molecular formula is C13H19FN2. The van der Waals surface area contributed by atoms with E-state index in [0.29, 0.717) is 11.7 Å². The summed E-state index contributed by atoms with van der Waals surface area (Å²) in [5.74, 6) is -0.216. The Morgan fingerprint density at radius 1 is 1.25 bits per heavy atom. The van der Waals surface area contributed by atoms with Crippen LogP contribution < -0.4 is 10.6 Å². The lowest BCUT2D eigenvalue weighted by Gasteiger charge is -2.33. The van der Waals surface area contributed by atoms with Gasteiger partial charge in [0.2, 0.25) is 0 Å². The van der Waals surface area contributed by atoms with E-state index in [0.717, 1.165) is 5.69 Å². The number of hydrogen-bond donors (Lipinski definition) is 1. The van der Waals surface area contributed by atoms with Crippen molar-refractivity contribution in [2.75, 3.05) is 17.7 Å². The van der Waals surface area contributed by atoms with Crippen LogP contribution in [0.15, 0.2) is 18.2 Å². The van der Waals surface area contributed by atoms with Gasteiger partial charge in [-0.1, -0.05) is 19.3 Å². The molecule has 0 bridgehead atoms. The molecule has 3 heteroatoms. The van der Waals surface area contributed by atoms with Crippen LogP contribution >= 0.6 is 0 Å². The van der Waals surface area contributed by atoms with Gasteiger partial charge in [-0.2, -0.15) is 0 Å². The number of benzene rings is 1. The highest BCUT2D eigenvalue weighted by molar-refractivity contribution is 5.67. The lowest BCUT2D eigenvalue weighted by atomic mass is 9.94. The quantitative estimate of drug-likeness (QED) is 0.779. The van der Waals surface area contributed by atoms with Crippen molar-refractivity contribution in [2.24, 2.45) is 0 Å². The van der Waals surface area contributed by atoms with E-state index in [1.807, 2.05) is 7.05 Å².